The second kappa shape index (κ2) is 8.19. The van der Waals surface area contributed by atoms with Crippen molar-refractivity contribution in [2.45, 2.75) is 0 Å². The van der Waals surface area contributed by atoms with E-state index >= 15 is 0 Å². The van der Waals surface area contributed by atoms with E-state index in [9.17, 15) is 9.59 Å². The van der Waals surface area contributed by atoms with Gasteiger partial charge in [-0.1, -0.05) is 12.0 Å². The molecule has 6 nitrogen and oxygen atoms in total. The van der Waals surface area contributed by atoms with Gasteiger partial charge in [-0.2, -0.15) is 0 Å². The highest BCUT2D eigenvalue weighted by Gasteiger charge is 2.20. The first kappa shape index (κ1) is 15.0. The second-order valence-corrected chi connectivity index (χ2v) is 3.19. The normalized spacial score (nSPS) is 9.18. The fourth-order valence-corrected chi connectivity index (χ4v) is 1.21. The summed E-state index contributed by atoms with van der Waals surface area (Å²) in [4.78, 5) is 24.7. The zero-order valence-corrected chi connectivity index (χ0v) is 9.50. The standard InChI is InChI=1S/C11H16N2O4/c1-3-5-12(7-8-14)11(17)13(6-4-2)9-10(15)16/h2-3,14H,1,5-9H2,(H,15,16). The number of carboxylic acid groups (broad SMARTS) is 1. The first-order valence-corrected chi connectivity index (χ1v) is 4.97. The molecule has 0 aliphatic rings. The van der Waals surface area contributed by atoms with Crippen molar-refractivity contribution in [2.75, 3.05) is 32.8 Å². The zero-order chi connectivity index (χ0) is 13.3. The summed E-state index contributed by atoms with van der Waals surface area (Å²) in [6, 6.07) is -0.528. The van der Waals surface area contributed by atoms with E-state index in [4.69, 9.17) is 16.6 Å². The van der Waals surface area contributed by atoms with Crippen molar-refractivity contribution in [2.24, 2.45) is 0 Å². The van der Waals surface area contributed by atoms with E-state index in [1.54, 1.807) is 0 Å². The van der Waals surface area contributed by atoms with Gasteiger partial charge in [0.2, 0.25) is 0 Å². The molecule has 0 spiro atoms. The summed E-state index contributed by atoms with van der Waals surface area (Å²) in [5.74, 6) is 1.08. The largest absolute Gasteiger partial charge is 0.480 e. The fourth-order valence-electron chi connectivity index (χ4n) is 1.21. The molecule has 6 heteroatoms. The van der Waals surface area contributed by atoms with Crippen LogP contribution in [-0.4, -0.2) is 64.8 Å². The van der Waals surface area contributed by atoms with Crippen LogP contribution in [0.15, 0.2) is 12.7 Å². The van der Waals surface area contributed by atoms with Gasteiger partial charge in [0.05, 0.1) is 13.2 Å². The first-order chi connectivity index (χ1) is 8.06. The molecule has 0 atom stereocenters. The van der Waals surface area contributed by atoms with Crippen LogP contribution in [0.25, 0.3) is 0 Å². The molecule has 2 amide bonds. The van der Waals surface area contributed by atoms with E-state index in [0.29, 0.717) is 0 Å². The van der Waals surface area contributed by atoms with Gasteiger partial charge in [0.25, 0.3) is 0 Å². The lowest BCUT2D eigenvalue weighted by molar-refractivity contribution is -0.137. The molecule has 0 aromatic heterocycles. The molecule has 0 saturated carbocycles. The molecule has 0 aliphatic heterocycles. The second-order valence-electron chi connectivity index (χ2n) is 3.19. The van der Waals surface area contributed by atoms with Crippen molar-refractivity contribution in [3.05, 3.63) is 12.7 Å². The molecule has 0 radical (unpaired) electrons. The number of urea groups is 1. The lowest BCUT2D eigenvalue weighted by Crippen LogP contribution is -2.46. The Balaban J connectivity index is 4.69. The molecule has 2 N–H and O–H groups in total. The maximum atomic E-state index is 11.9. The minimum atomic E-state index is -1.14. The number of hydrogen-bond acceptors (Lipinski definition) is 3. The molecular formula is C11H16N2O4. The Labute approximate surface area is 100 Å². The molecule has 0 aliphatic carbocycles. The molecule has 0 fully saturated rings. The number of nitrogens with zero attached hydrogens (tertiary/aromatic N) is 2. The van der Waals surface area contributed by atoms with E-state index in [1.807, 2.05) is 0 Å². The Morgan fingerprint density at radius 3 is 2.47 bits per heavy atom. The van der Waals surface area contributed by atoms with Crippen LogP contribution < -0.4 is 0 Å². The Kier molecular flexibility index (Phi) is 7.22. The minimum absolute atomic E-state index is 0.0931. The number of amides is 2. The number of aliphatic hydroxyl groups is 1. The third-order valence-electron chi connectivity index (χ3n) is 1.87. The minimum Gasteiger partial charge on any atom is -0.480 e. The maximum absolute atomic E-state index is 11.9. The molecule has 0 rings (SSSR count). The Morgan fingerprint density at radius 1 is 1.41 bits per heavy atom. The van der Waals surface area contributed by atoms with Crippen LogP contribution in [0.5, 0.6) is 0 Å². The lowest BCUT2D eigenvalue weighted by Gasteiger charge is -2.27. The molecule has 0 bridgehead atoms. The van der Waals surface area contributed by atoms with Gasteiger partial charge in [-0.25, -0.2) is 4.79 Å². The number of carbonyl (C=O) groups is 2. The maximum Gasteiger partial charge on any atom is 0.323 e. The highest BCUT2D eigenvalue weighted by molar-refractivity contribution is 5.80. The van der Waals surface area contributed by atoms with Crippen molar-refractivity contribution in [3.63, 3.8) is 0 Å². The fraction of sp³-hybridized carbons (Fsp3) is 0.455. The van der Waals surface area contributed by atoms with Crippen LogP contribution in [0.3, 0.4) is 0 Å². The van der Waals surface area contributed by atoms with E-state index < -0.39 is 18.5 Å². The van der Waals surface area contributed by atoms with Crippen molar-refractivity contribution in [1.29, 1.82) is 0 Å². The third-order valence-corrected chi connectivity index (χ3v) is 1.87. The number of aliphatic hydroxyl groups excluding tert-OH is 1. The molecule has 0 aromatic carbocycles. The monoisotopic (exact) mass is 240 g/mol. The van der Waals surface area contributed by atoms with E-state index in [0.717, 1.165) is 4.90 Å². The third kappa shape index (κ3) is 5.58. The van der Waals surface area contributed by atoms with Gasteiger partial charge in [0.1, 0.15) is 6.54 Å². The predicted molar refractivity (Wildman–Crippen MR) is 62.3 cm³/mol. The van der Waals surface area contributed by atoms with Crippen LogP contribution in [0.2, 0.25) is 0 Å². The van der Waals surface area contributed by atoms with Gasteiger partial charge in [-0.15, -0.1) is 13.0 Å². The van der Waals surface area contributed by atoms with Crippen LogP contribution in [0.1, 0.15) is 0 Å². The SMILES string of the molecule is C#CCN(CC(=O)O)C(=O)N(CC=C)CCO. The quantitative estimate of drug-likeness (QED) is 0.469. The number of hydrogen-bond donors (Lipinski definition) is 2. The zero-order valence-electron chi connectivity index (χ0n) is 9.50. The summed E-state index contributed by atoms with van der Waals surface area (Å²) in [7, 11) is 0. The topological polar surface area (TPSA) is 81.1 Å². The molecule has 0 saturated heterocycles. The average Bonchev–Trinajstić information content (AvgIpc) is 2.27. The molecular weight excluding hydrogens is 224 g/mol. The molecule has 0 unspecified atom stereocenters. The number of carbonyl (C=O) groups excluding carboxylic acids is 1. The van der Waals surface area contributed by atoms with Crippen LogP contribution in [-0.2, 0) is 4.79 Å². The molecule has 0 aromatic rings. The average molecular weight is 240 g/mol. The smallest absolute Gasteiger partial charge is 0.323 e. The van der Waals surface area contributed by atoms with Gasteiger partial charge < -0.3 is 20.0 Å². The summed E-state index contributed by atoms with van der Waals surface area (Å²) < 4.78 is 0. The molecule has 17 heavy (non-hydrogen) atoms. The highest BCUT2D eigenvalue weighted by Crippen LogP contribution is 1.99. The van der Waals surface area contributed by atoms with E-state index in [-0.39, 0.29) is 26.2 Å². The molecule has 0 heterocycles. The van der Waals surface area contributed by atoms with Crippen LogP contribution >= 0.6 is 0 Å². The van der Waals surface area contributed by atoms with Gasteiger partial charge in [0, 0.05) is 13.1 Å². The first-order valence-electron chi connectivity index (χ1n) is 4.97. The van der Waals surface area contributed by atoms with Gasteiger partial charge >= 0.3 is 12.0 Å². The van der Waals surface area contributed by atoms with E-state index in [1.165, 1.54) is 11.0 Å². The Bertz CT molecular complexity index is 322. The van der Waals surface area contributed by atoms with Crippen LogP contribution in [0, 0.1) is 12.3 Å². The Morgan fingerprint density at radius 2 is 2.06 bits per heavy atom. The summed E-state index contributed by atoms with van der Waals surface area (Å²) >= 11 is 0. The number of carboxylic acids is 1. The number of rotatable bonds is 7. The number of aliphatic carboxylic acids is 1. The summed E-state index contributed by atoms with van der Waals surface area (Å²) in [6.07, 6.45) is 6.55. The Hall–Kier alpha value is -2.00. The van der Waals surface area contributed by atoms with Crippen LogP contribution in [0.4, 0.5) is 4.79 Å². The van der Waals surface area contributed by atoms with E-state index in [2.05, 4.69) is 12.5 Å². The van der Waals surface area contributed by atoms with Crippen molar-refractivity contribution in [1.82, 2.24) is 9.80 Å². The predicted octanol–water partition coefficient (Wildman–Crippen LogP) is -0.394. The molecule has 94 valence electrons. The van der Waals surface area contributed by atoms with Crippen molar-refractivity contribution >= 4 is 12.0 Å². The number of terminal acetylenes is 1. The van der Waals surface area contributed by atoms with Gasteiger partial charge in [-0.3, -0.25) is 4.79 Å². The summed E-state index contributed by atoms with van der Waals surface area (Å²) in [5.41, 5.74) is 0. The van der Waals surface area contributed by atoms with Crippen molar-refractivity contribution in [3.8, 4) is 12.3 Å². The van der Waals surface area contributed by atoms with Crippen molar-refractivity contribution < 1.29 is 19.8 Å². The van der Waals surface area contributed by atoms with Gasteiger partial charge in [-0.05, 0) is 0 Å². The summed E-state index contributed by atoms with van der Waals surface area (Å²) in [6.45, 7) is 3.03. The highest BCUT2D eigenvalue weighted by atomic mass is 16.4. The van der Waals surface area contributed by atoms with Gasteiger partial charge in [0.15, 0.2) is 0 Å². The lowest BCUT2D eigenvalue weighted by atomic mass is 10.4. The summed E-state index contributed by atoms with van der Waals surface area (Å²) in [5, 5.41) is 17.5.